The summed E-state index contributed by atoms with van der Waals surface area (Å²) in [5.74, 6) is -0.427. The van der Waals surface area contributed by atoms with Crippen molar-refractivity contribution in [3.05, 3.63) is 29.8 Å². The first-order valence-corrected chi connectivity index (χ1v) is 8.73. The lowest BCUT2D eigenvalue weighted by molar-refractivity contribution is 0.0696. The molecule has 1 N–H and O–H groups in total. The zero-order valence-corrected chi connectivity index (χ0v) is 13.1. The molecular formula is C15H21NO4S. The van der Waals surface area contributed by atoms with Gasteiger partial charge in [0.05, 0.1) is 16.2 Å². The molecule has 0 spiro atoms. The molecule has 0 aromatic heterocycles. The molecule has 1 aromatic carbocycles. The van der Waals surface area contributed by atoms with Gasteiger partial charge in [-0.1, -0.05) is 6.07 Å². The van der Waals surface area contributed by atoms with E-state index in [-0.39, 0.29) is 16.2 Å². The molecule has 1 aliphatic carbocycles. The Hall–Kier alpha value is -1.40. The highest BCUT2D eigenvalue weighted by atomic mass is 32.2. The van der Waals surface area contributed by atoms with Crippen molar-refractivity contribution in [1.82, 2.24) is 4.90 Å². The molecule has 0 amide bonds. The number of nitrogens with zero attached hydrogens (tertiary/aromatic N) is 1. The maximum atomic E-state index is 12.3. The van der Waals surface area contributed by atoms with Crippen LogP contribution < -0.4 is 0 Å². The van der Waals surface area contributed by atoms with Crippen LogP contribution in [0, 0.1) is 5.92 Å². The molecule has 6 heteroatoms. The van der Waals surface area contributed by atoms with Gasteiger partial charge < -0.3 is 10.0 Å². The van der Waals surface area contributed by atoms with Crippen LogP contribution in [0.25, 0.3) is 0 Å². The monoisotopic (exact) mass is 311 g/mol. The highest BCUT2D eigenvalue weighted by Crippen LogP contribution is 2.34. The number of hydrogen-bond acceptors (Lipinski definition) is 4. The predicted molar refractivity (Wildman–Crippen MR) is 80.3 cm³/mol. The van der Waals surface area contributed by atoms with E-state index in [2.05, 4.69) is 11.8 Å². The highest BCUT2D eigenvalue weighted by molar-refractivity contribution is 7.91. The zero-order valence-electron chi connectivity index (χ0n) is 12.3. The largest absolute Gasteiger partial charge is 0.478 e. The fourth-order valence-corrected chi connectivity index (χ4v) is 3.70. The Labute approximate surface area is 125 Å². The molecule has 0 radical (unpaired) electrons. The lowest BCUT2D eigenvalue weighted by Gasteiger charge is -2.24. The van der Waals surface area contributed by atoms with Crippen LogP contribution in [0.1, 0.15) is 30.1 Å². The summed E-state index contributed by atoms with van der Waals surface area (Å²) < 4.78 is 24.6. The molecule has 2 rings (SSSR count). The topological polar surface area (TPSA) is 74.7 Å². The van der Waals surface area contributed by atoms with Crippen LogP contribution in [0.3, 0.4) is 0 Å². The van der Waals surface area contributed by atoms with Crippen LogP contribution in [0.5, 0.6) is 0 Å². The van der Waals surface area contributed by atoms with E-state index in [0.717, 1.165) is 0 Å². The van der Waals surface area contributed by atoms with Crippen molar-refractivity contribution >= 4 is 15.8 Å². The second kappa shape index (κ2) is 6.15. The molecule has 1 unspecified atom stereocenters. The second-order valence-electron chi connectivity index (χ2n) is 5.71. The predicted octanol–water partition coefficient (Wildman–Crippen LogP) is 1.89. The molecule has 0 heterocycles. The summed E-state index contributed by atoms with van der Waals surface area (Å²) in [6, 6.07) is 5.93. The van der Waals surface area contributed by atoms with Gasteiger partial charge in [-0.2, -0.15) is 0 Å². The van der Waals surface area contributed by atoms with Crippen LogP contribution in [-0.4, -0.2) is 49.8 Å². The molecule has 0 aliphatic heterocycles. The quantitative estimate of drug-likeness (QED) is 0.832. The standard InChI is InChI=1S/C15H21NO4S/c1-11(12-6-7-12)16(2)8-9-21(19,20)14-5-3-4-13(10-14)15(17)18/h3-5,10-12H,6-9H2,1-2H3,(H,17,18). The summed E-state index contributed by atoms with van der Waals surface area (Å²) in [5, 5.41) is 8.93. The highest BCUT2D eigenvalue weighted by Gasteiger charge is 2.30. The fourth-order valence-electron chi connectivity index (χ4n) is 2.35. The number of carboxylic acid groups (broad SMARTS) is 1. The zero-order chi connectivity index (χ0) is 15.6. The third kappa shape index (κ3) is 4.04. The van der Waals surface area contributed by atoms with Crippen LogP contribution in [0.15, 0.2) is 29.2 Å². The van der Waals surface area contributed by atoms with Crippen molar-refractivity contribution in [2.45, 2.75) is 30.7 Å². The van der Waals surface area contributed by atoms with Crippen molar-refractivity contribution < 1.29 is 18.3 Å². The van der Waals surface area contributed by atoms with Crippen LogP contribution >= 0.6 is 0 Å². The molecule has 1 aliphatic rings. The van der Waals surface area contributed by atoms with E-state index >= 15 is 0 Å². The smallest absolute Gasteiger partial charge is 0.335 e. The third-order valence-corrected chi connectivity index (χ3v) is 5.84. The summed E-state index contributed by atoms with van der Waals surface area (Å²) in [6.45, 7) is 2.58. The minimum absolute atomic E-state index is 0.00360. The van der Waals surface area contributed by atoms with Crippen LogP contribution in [0.2, 0.25) is 0 Å². The maximum absolute atomic E-state index is 12.3. The average molecular weight is 311 g/mol. The minimum atomic E-state index is -3.46. The van der Waals surface area contributed by atoms with E-state index in [1.165, 1.54) is 37.1 Å². The normalized spacial score (nSPS) is 16.9. The Bertz CT molecular complexity index is 622. The Morgan fingerprint density at radius 2 is 2.10 bits per heavy atom. The Morgan fingerprint density at radius 3 is 2.67 bits per heavy atom. The van der Waals surface area contributed by atoms with E-state index in [0.29, 0.717) is 18.5 Å². The SMILES string of the molecule is CC(C1CC1)N(C)CCS(=O)(=O)c1cccc(C(=O)O)c1. The van der Waals surface area contributed by atoms with Crippen LogP contribution in [0.4, 0.5) is 0 Å². The van der Waals surface area contributed by atoms with Gasteiger partial charge in [0.2, 0.25) is 0 Å². The Morgan fingerprint density at radius 1 is 1.43 bits per heavy atom. The number of carboxylic acids is 1. The Kier molecular flexibility index (Phi) is 4.68. The van der Waals surface area contributed by atoms with Gasteiger partial charge in [-0.15, -0.1) is 0 Å². The fraction of sp³-hybridized carbons (Fsp3) is 0.533. The molecule has 0 saturated heterocycles. The summed E-state index contributed by atoms with van der Waals surface area (Å²) in [6.07, 6.45) is 2.44. The molecule has 1 atom stereocenters. The van der Waals surface area contributed by atoms with Gasteiger partial charge in [0.15, 0.2) is 9.84 Å². The number of benzene rings is 1. The Balaban J connectivity index is 2.04. The van der Waals surface area contributed by atoms with Gasteiger partial charge in [0, 0.05) is 12.6 Å². The molecular weight excluding hydrogens is 290 g/mol. The molecule has 1 aromatic rings. The van der Waals surface area contributed by atoms with E-state index in [9.17, 15) is 13.2 Å². The van der Waals surface area contributed by atoms with E-state index in [4.69, 9.17) is 5.11 Å². The number of sulfone groups is 1. The van der Waals surface area contributed by atoms with Crippen LogP contribution in [-0.2, 0) is 9.84 Å². The van der Waals surface area contributed by atoms with Gasteiger partial charge in [0.1, 0.15) is 0 Å². The maximum Gasteiger partial charge on any atom is 0.335 e. The lowest BCUT2D eigenvalue weighted by atomic mass is 10.2. The summed E-state index contributed by atoms with van der Waals surface area (Å²) >= 11 is 0. The van der Waals surface area contributed by atoms with Gasteiger partial charge in [-0.3, -0.25) is 0 Å². The molecule has 1 saturated carbocycles. The molecule has 21 heavy (non-hydrogen) atoms. The van der Waals surface area contributed by atoms with E-state index < -0.39 is 15.8 Å². The van der Waals surface area contributed by atoms with Gasteiger partial charge in [0.25, 0.3) is 0 Å². The number of aromatic carboxylic acids is 1. The number of rotatable bonds is 7. The first-order chi connectivity index (χ1) is 9.81. The minimum Gasteiger partial charge on any atom is -0.478 e. The van der Waals surface area contributed by atoms with E-state index in [1.807, 2.05) is 7.05 Å². The van der Waals surface area contributed by atoms with E-state index in [1.54, 1.807) is 0 Å². The van der Waals surface area contributed by atoms with Crippen molar-refractivity contribution in [2.75, 3.05) is 19.3 Å². The third-order valence-electron chi connectivity index (χ3n) is 4.15. The summed E-state index contributed by atoms with van der Waals surface area (Å²) in [5.41, 5.74) is -0.00391. The lowest BCUT2D eigenvalue weighted by Crippen LogP contribution is -2.34. The molecule has 116 valence electrons. The summed E-state index contributed by atoms with van der Waals surface area (Å²) in [7, 11) is -1.52. The average Bonchev–Trinajstić information content (AvgIpc) is 3.28. The van der Waals surface area contributed by atoms with Crippen molar-refractivity contribution in [2.24, 2.45) is 5.92 Å². The van der Waals surface area contributed by atoms with Crippen molar-refractivity contribution in [3.63, 3.8) is 0 Å². The van der Waals surface area contributed by atoms with Crippen molar-refractivity contribution in [1.29, 1.82) is 0 Å². The van der Waals surface area contributed by atoms with Gasteiger partial charge in [-0.25, -0.2) is 13.2 Å². The summed E-state index contributed by atoms with van der Waals surface area (Å²) in [4.78, 5) is 13.1. The van der Waals surface area contributed by atoms with Crippen molar-refractivity contribution in [3.8, 4) is 0 Å². The number of hydrogen-bond donors (Lipinski definition) is 1. The van der Waals surface area contributed by atoms with Gasteiger partial charge >= 0.3 is 5.97 Å². The molecule has 1 fully saturated rings. The first kappa shape index (κ1) is 16.0. The first-order valence-electron chi connectivity index (χ1n) is 7.07. The number of carbonyl (C=O) groups is 1. The second-order valence-corrected chi connectivity index (χ2v) is 7.82. The van der Waals surface area contributed by atoms with Gasteiger partial charge in [-0.05, 0) is 50.9 Å². The molecule has 5 nitrogen and oxygen atoms in total. The molecule has 0 bridgehead atoms.